The van der Waals surface area contributed by atoms with Crippen molar-refractivity contribution in [3.8, 4) is 11.5 Å². The Balaban J connectivity index is 1.52. The summed E-state index contributed by atoms with van der Waals surface area (Å²) in [6, 6.07) is 13.8. The van der Waals surface area contributed by atoms with E-state index in [0.29, 0.717) is 0 Å². The van der Waals surface area contributed by atoms with Gasteiger partial charge in [0.25, 0.3) is 5.91 Å². The molecule has 1 atom stereocenters. The molecule has 0 saturated carbocycles. The molecule has 1 amide bonds. The van der Waals surface area contributed by atoms with Crippen LogP contribution in [0.25, 0.3) is 0 Å². The Morgan fingerprint density at radius 1 is 1.04 bits per heavy atom. The number of hydrogen-bond acceptors (Lipinski definition) is 3. The Morgan fingerprint density at radius 2 is 1.72 bits per heavy atom. The van der Waals surface area contributed by atoms with Gasteiger partial charge in [-0.05, 0) is 73.6 Å². The van der Waals surface area contributed by atoms with Crippen molar-refractivity contribution in [1.29, 1.82) is 0 Å². The first-order chi connectivity index (χ1) is 12.2. The third-order valence-corrected chi connectivity index (χ3v) is 4.68. The summed E-state index contributed by atoms with van der Waals surface area (Å²) in [6.45, 7) is 1.98. The first-order valence-corrected chi connectivity index (χ1v) is 8.83. The highest BCUT2D eigenvalue weighted by Crippen LogP contribution is 2.25. The van der Waals surface area contributed by atoms with Crippen LogP contribution in [-0.4, -0.2) is 19.6 Å². The van der Waals surface area contributed by atoms with E-state index in [9.17, 15) is 4.79 Å². The minimum Gasteiger partial charge on any atom is -0.497 e. The maximum absolute atomic E-state index is 12.2. The van der Waals surface area contributed by atoms with Gasteiger partial charge in [0.05, 0.1) is 13.2 Å². The standard InChI is InChI=1S/C21H25NO3/c1-15(16-7-10-19(24-2)11-8-16)22-21(23)14-25-20-12-9-17-5-3-4-6-18(17)13-20/h7-13,15H,3-6,14H2,1-2H3,(H,22,23)/t15-/m1/s1. The molecule has 0 spiro atoms. The Bertz CT molecular complexity index is 724. The van der Waals surface area contributed by atoms with Crippen molar-refractivity contribution in [2.24, 2.45) is 0 Å². The van der Waals surface area contributed by atoms with E-state index in [-0.39, 0.29) is 18.6 Å². The summed E-state index contributed by atoms with van der Waals surface area (Å²) < 4.78 is 10.8. The summed E-state index contributed by atoms with van der Waals surface area (Å²) in [5.74, 6) is 1.45. The van der Waals surface area contributed by atoms with Gasteiger partial charge in [-0.15, -0.1) is 0 Å². The summed E-state index contributed by atoms with van der Waals surface area (Å²) in [5.41, 5.74) is 3.80. The number of nitrogens with one attached hydrogen (secondary N) is 1. The molecule has 0 heterocycles. The fourth-order valence-corrected chi connectivity index (χ4v) is 3.21. The Hall–Kier alpha value is -2.49. The van der Waals surface area contributed by atoms with E-state index in [1.165, 1.54) is 24.0 Å². The molecule has 0 aliphatic heterocycles. The average Bonchev–Trinajstić information content (AvgIpc) is 2.66. The molecule has 0 fully saturated rings. The molecule has 0 saturated heterocycles. The van der Waals surface area contributed by atoms with Crippen LogP contribution in [0.5, 0.6) is 11.5 Å². The Kier molecular flexibility index (Phi) is 5.59. The van der Waals surface area contributed by atoms with Crippen molar-refractivity contribution >= 4 is 5.91 Å². The van der Waals surface area contributed by atoms with E-state index in [0.717, 1.165) is 29.9 Å². The van der Waals surface area contributed by atoms with Crippen molar-refractivity contribution in [1.82, 2.24) is 5.32 Å². The van der Waals surface area contributed by atoms with Gasteiger partial charge in [0.1, 0.15) is 11.5 Å². The van der Waals surface area contributed by atoms with E-state index in [4.69, 9.17) is 9.47 Å². The molecule has 1 aliphatic carbocycles. The molecule has 0 aromatic heterocycles. The molecule has 0 radical (unpaired) electrons. The highest BCUT2D eigenvalue weighted by molar-refractivity contribution is 5.78. The topological polar surface area (TPSA) is 47.6 Å². The van der Waals surface area contributed by atoms with E-state index < -0.39 is 0 Å². The molecular weight excluding hydrogens is 314 g/mol. The van der Waals surface area contributed by atoms with Crippen molar-refractivity contribution in [3.05, 3.63) is 59.2 Å². The van der Waals surface area contributed by atoms with Crippen LogP contribution in [-0.2, 0) is 17.6 Å². The molecule has 1 aliphatic rings. The zero-order chi connectivity index (χ0) is 17.6. The SMILES string of the molecule is COc1ccc([C@@H](C)NC(=O)COc2ccc3c(c2)CCCC3)cc1. The number of amides is 1. The maximum atomic E-state index is 12.2. The van der Waals surface area contributed by atoms with Crippen LogP contribution < -0.4 is 14.8 Å². The lowest BCUT2D eigenvalue weighted by atomic mass is 9.92. The summed E-state index contributed by atoms with van der Waals surface area (Å²) in [7, 11) is 1.64. The first kappa shape index (κ1) is 17.3. The molecule has 4 nitrogen and oxygen atoms in total. The number of carbonyl (C=O) groups is 1. The number of ether oxygens (including phenoxy) is 2. The van der Waals surface area contributed by atoms with Gasteiger partial charge in [0, 0.05) is 0 Å². The second kappa shape index (κ2) is 8.06. The number of aryl methyl sites for hydroxylation is 2. The highest BCUT2D eigenvalue weighted by atomic mass is 16.5. The quantitative estimate of drug-likeness (QED) is 0.870. The average molecular weight is 339 g/mol. The fraction of sp³-hybridized carbons (Fsp3) is 0.381. The van der Waals surface area contributed by atoms with Gasteiger partial charge in [-0.3, -0.25) is 4.79 Å². The molecule has 132 valence electrons. The summed E-state index contributed by atoms with van der Waals surface area (Å²) in [5, 5.41) is 2.96. The van der Waals surface area contributed by atoms with Crippen LogP contribution in [0, 0.1) is 0 Å². The molecule has 2 aromatic rings. The maximum Gasteiger partial charge on any atom is 0.258 e. The van der Waals surface area contributed by atoms with Crippen molar-refractivity contribution in [2.75, 3.05) is 13.7 Å². The zero-order valence-corrected chi connectivity index (χ0v) is 14.9. The summed E-state index contributed by atoms with van der Waals surface area (Å²) >= 11 is 0. The monoisotopic (exact) mass is 339 g/mol. The lowest BCUT2D eigenvalue weighted by Gasteiger charge is -2.17. The van der Waals surface area contributed by atoms with Gasteiger partial charge in [0.15, 0.2) is 6.61 Å². The minimum atomic E-state index is -0.124. The van der Waals surface area contributed by atoms with Gasteiger partial charge >= 0.3 is 0 Å². The number of fused-ring (bicyclic) bond motifs is 1. The Morgan fingerprint density at radius 3 is 2.44 bits per heavy atom. The first-order valence-electron chi connectivity index (χ1n) is 8.83. The molecular formula is C21H25NO3. The number of methoxy groups -OCH3 is 1. The van der Waals surface area contributed by atoms with Crippen LogP contribution in [0.4, 0.5) is 0 Å². The Labute approximate surface area is 149 Å². The van der Waals surface area contributed by atoms with Crippen molar-refractivity contribution < 1.29 is 14.3 Å². The van der Waals surface area contributed by atoms with Crippen LogP contribution >= 0.6 is 0 Å². The smallest absolute Gasteiger partial charge is 0.258 e. The largest absolute Gasteiger partial charge is 0.497 e. The van der Waals surface area contributed by atoms with E-state index in [2.05, 4.69) is 17.4 Å². The number of rotatable bonds is 6. The summed E-state index contributed by atoms with van der Waals surface area (Å²) in [4.78, 5) is 12.2. The third kappa shape index (κ3) is 4.53. The molecule has 4 heteroatoms. The highest BCUT2D eigenvalue weighted by Gasteiger charge is 2.12. The van der Waals surface area contributed by atoms with Gasteiger partial charge in [0.2, 0.25) is 0 Å². The van der Waals surface area contributed by atoms with Gasteiger partial charge in [-0.2, -0.15) is 0 Å². The van der Waals surface area contributed by atoms with Crippen LogP contribution in [0.1, 0.15) is 42.5 Å². The second-order valence-electron chi connectivity index (χ2n) is 6.49. The lowest BCUT2D eigenvalue weighted by molar-refractivity contribution is -0.123. The molecule has 25 heavy (non-hydrogen) atoms. The fourth-order valence-electron chi connectivity index (χ4n) is 3.21. The van der Waals surface area contributed by atoms with Crippen LogP contribution in [0.3, 0.4) is 0 Å². The van der Waals surface area contributed by atoms with Crippen LogP contribution in [0.15, 0.2) is 42.5 Å². The molecule has 1 N–H and O–H groups in total. The number of carbonyl (C=O) groups excluding carboxylic acids is 1. The predicted octanol–water partition coefficient (Wildman–Crippen LogP) is 3.83. The van der Waals surface area contributed by atoms with Gasteiger partial charge < -0.3 is 14.8 Å². The van der Waals surface area contributed by atoms with E-state index in [1.807, 2.05) is 37.3 Å². The minimum absolute atomic E-state index is 0.0271. The molecule has 0 bridgehead atoms. The van der Waals surface area contributed by atoms with E-state index >= 15 is 0 Å². The van der Waals surface area contributed by atoms with Crippen LogP contribution in [0.2, 0.25) is 0 Å². The normalized spacial score (nSPS) is 14.3. The third-order valence-electron chi connectivity index (χ3n) is 4.68. The summed E-state index contributed by atoms with van der Waals surface area (Å²) in [6.07, 6.45) is 4.75. The lowest BCUT2D eigenvalue weighted by Crippen LogP contribution is -2.31. The zero-order valence-electron chi connectivity index (χ0n) is 14.9. The second-order valence-corrected chi connectivity index (χ2v) is 6.49. The van der Waals surface area contributed by atoms with E-state index in [1.54, 1.807) is 7.11 Å². The molecule has 0 unspecified atom stereocenters. The number of hydrogen-bond donors (Lipinski definition) is 1. The number of benzene rings is 2. The van der Waals surface area contributed by atoms with Crippen molar-refractivity contribution in [3.63, 3.8) is 0 Å². The molecule has 3 rings (SSSR count). The molecule has 2 aromatic carbocycles. The predicted molar refractivity (Wildman–Crippen MR) is 98.1 cm³/mol. The van der Waals surface area contributed by atoms with Gasteiger partial charge in [-0.1, -0.05) is 18.2 Å². The van der Waals surface area contributed by atoms with Gasteiger partial charge in [-0.25, -0.2) is 0 Å². The van der Waals surface area contributed by atoms with Crippen molar-refractivity contribution in [2.45, 2.75) is 38.6 Å².